The summed E-state index contributed by atoms with van der Waals surface area (Å²) in [4.78, 5) is 16.2. The van der Waals surface area contributed by atoms with Gasteiger partial charge in [0.15, 0.2) is 0 Å². The molecule has 0 unspecified atom stereocenters. The van der Waals surface area contributed by atoms with Crippen molar-refractivity contribution >= 4 is 22.9 Å². The van der Waals surface area contributed by atoms with Crippen LogP contribution < -0.4 is 10.1 Å². The Balaban J connectivity index is 1.92. The van der Waals surface area contributed by atoms with E-state index in [9.17, 15) is 4.79 Å². The van der Waals surface area contributed by atoms with Gasteiger partial charge in [0.25, 0.3) is 0 Å². The molecule has 3 rings (SSSR count). The molecule has 0 fully saturated rings. The summed E-state index contributed by atoms with van der Waals surface area (Å²) >= 11 is 1.61. The fraction of sp³-hybridized carbons (Fsp3) is 0.200. The second-order valence-electron chi connectivity index (χ2n) is 5.97. The lowest BCUT2D eigenvalue weighted by molar-refractivity contribution is -0.118. The van der Waals surface area contributed by atoms with Crippen molar-refractivity contribution in [3.05, 3.63) is 54.0 Å². The molecule has 2 aromatic carbocycles. The molecule has 0 saturated heterocycles. The summed E-state index contributed by atoms with van der Waals surface area (Å²) < 4.78 is 5.51. The van der Waals surface area contributed by atoms with E-state index in [4.69, 9.17) is 4.74 Å². The van der Waals surface area contributed by atoms with Crippen LogP contribution >= 0.6 is 11.3 Å². The van der Waals surface area contributed by atoms with E-state index in [1.54, 1.807) is 24.6 Å². The van der Waals surface area contributed by atoms with Crippen LogP contribution in [0.3, 0.4) is 0 Å². The van der Waals surface area contributed by atoms with Crippen molar-refractivity contribution < 1.29 is 9.53 Å². The molecule has 0 aliphatic rings. The lowest BCUT2D eigenvalue weighted by atomic mass is 10.0. The van der Waals surface area contributed by atoms with E-state index >= 15 is 0 Å². The Hall–Kier alpha value is -2.66. The van der Waals surface area contributed by atoms with Gasteiger partial charge < -0.3 is 10.1 Å². The Labute approximate surface area is 151 Å². The average molecular weight is 352 g/mol. The number of rotatable bonds is 5. The van der Waals surface area contributed by atoms with Gasteiger partial charge in [-0.05, 0) is 35.9 Å². The summed E-state index contributed by atoms with van der Waals surface area (Å²) in [5.41, 5.74) is 3.87. The molecule has 3 aromatic rings. The van der Waals surface area contributed by atoms with E-state index in [0.29, 0.717) is 0 Å². The number of amides is 1. The second-order valence-corrected chi connectivity index (χ2v) is 6.87. The van der Waals surface area contributed by atoms with Crippen LogP contribution in [-0.4, -0.2) is 18.0 Å². The Bertz CT molecular complexity index is 856. The van der Waals surface area contributed by atoms with Gasteiger partial charge in [0, 0.05) is 34.3 Å². The Morgan fingerprint density at radius 1 is 1.12 bits per heavy atom. The summed E-state index contributed by atoms with van der Waals surface area (Å²) in [5, 5.41) is 5.84. The molecule has 0 aliphatic heterocycles. The smallest absolute Gasteiger partial charge is 0.226 e. The van der Waals surface area contributed by atoms with Crippen LogP contribution in [0.1, 0.15) is 13.8 Å². The standard InChI is InChI=1S/C20H20N2O2S/c1-13(2)19(23)22-16-7-4-14(5-8-16)17-12-15(6-9-18(17)24-3)20-21-10-11-25-20/h4-13H,1-3H3,(H,22,23). The zero-order chi connectivity index (χ0) is 17.8. The van der Waals surface area contributed by atoms with Crippen molar-refractivity contribution in [2.24, 2.45) is 5.92 Å². The zero-order valence-electron chi connectivity index (χ0n) is 14.4. The van der Waals surface area contributed by atoms with Crippen molar-refractivity contribution in [1.29, 1.82) is 0 Å². The molecule has 0 radical (unpaired) electrons. The Kier molecular flexibility index (Phi) is 5.14. The van der Waals surface area contributed by atoms with Gasteiger partial charge in [-0.1, -0.05) is 26.0 Å². The van der Waals surface area contributed by atoms with E-state index in [2.05, 4.69) is 16.4 Å². The van der Waals surface area contributed by atoms with Gasteiger partial charge in [0.1, 0.15) is 10.8 Å². The SMILES string of the molecule is COc1ccc(-c2nccs2)cc1-c1ccc(NC(=O)C(C)C)cc1. The Morgan fingerprint density at radius 3 is 2.44 bits per heavy atom. The number of benzene rings is 2. The van der Waals surface area contributed by atoms with Gasteiger partial charge in [-0.3, -0.25) is 4.79 Å². The first-order valence-electron chi connectivity index (χ1n) is 8.07. The molecule has 0 saturated carbocycles. The molecule has 1 heterocycles. The van der Waals surface area contributed by atoms with Gasteiger partial charge in [-0.2, -0.15) is 0 Å². The quantitative estimate of drug-likeness (QED) is 0.696. The maximum Gasteiger partial charge on any atom is 0.226 e. The van der Waals surface area contributed by atoms with Gasteiger partial charge in [0.05, 0.1) is 7.11 Å². The predicted octanol–water partition coefficient (Wildman–Crippen LogP) is 5.08. The first-order chi connectivity index (χ1) is 12.1. The van der Waals surface area contributed by atoms with Gasteiger partial charge in [-0.25, -0.2) is 4.98 Å². The minimum Gasteiger partial charge on any atom is -0.496 e. The number of ether oxygens (including phenoxy) is 1. The third kappa shape index (κ3) is 3.88. The molecule has 0 spiro atoms. The van der Waals surface area contributed by atoms with Crippen molar-refractivity contribution in [1.82, 2.24) is 4.98 Å². The van der Waals surface area contributed by atoms with Crippen molar-refractivity contribution in [3.8, 4) is 27.4 Å². The molecule has 0 bridgehead atoms. The van der Waals surface area contributed by atoms with Crippen molar-refractivity contribution in [2.75, 3.05) is 12.4 Å². The topological polar surface area (TPSA) is 51.2 Å². The average Bonchev–Trinajstić information content (AvgIpc) is 3.16. The lowest BCUT2D eigenvalue weighted by Gasteiger charge is -2.12. The first kappa shape index (κ1) is 17.2. The number of thiazole rings is 1. The summed E-state index contributed by atoms with van der Waals surface area (Å²) in [6.07, 6.45) is 1.80. The number of hydrogen-bond acceptors (Lipinski definition) is 4. The number of carbonyl (C=O) groups is 1. The minimum atomic E-state index is -0.0465. The molecule has 4 nitrogen and oxygen atoms in total. The number of anilines is 1. The van der Waals surface area contributed by atoms with Gasteiger partial charge in [-0.15, -0.1) is 11.3 Å². The molecule has 128 valence electrons. The Morgan fingerprint density at radius 2 is 1.84 bits per heavy atom. The van der Waals surface area contributed by atoms with Gasteiger partial charge in [0.2, 0.25) is 5.91 Å². The van der Waals surface area contributed by atoms with Crippen molar-refractivity contribution in [2.45, 2.75) is 13.8 Å². The number of methoxy groups -OCH3 is 1. The zero-order valence-corrected chi connectivity index (χ0v) is 15.3. The van der Waals surface area contributed by atoms with Crippen LogP contribution in [0.25, 0.3) is 21.7 Å². The van der Waals surface area contributed by atoms with Crippen LogP contribution in [0, 0.1) is 5.92 Å². The third-order valence-electron chi connectivity index (χ3n) is 3.87. The highest BCUT2D eigenvalue weighted by atomic mass is 32.1. The third-order valence-corrected chi connectivity index (χ3v) is 4.69. The summed E-state index contributed by atoms with van der Waals surface area (Å²) in [7, 11) is 1.67. The maximum absolute atomic E-state index is 11.8. The monoisotopic (exact) mass is 352 g/mol. The molecule has 1 N–H and O–H groups in total. The highest BCUT2D eigenvalue weighted by molar-refractivity contribution is 7.13. The second kappa shape index (κ2) is 7.49. The van der Waals surface area contributed by atoms with Gasteiger partial charge >= 0.3 is 0 Å². The fourth-order valence-corrected chi connectivity index (χ4v) is 3.09. The highest BCUT2D eigenvalue weighted by Crippen LogP contribution is 2.35. The van der Waals surface area contributed by atoms with E-state index in [-0.39, 0.29) is 11.8 Å². The molecule has 5 heteroatoms. The number of carbonyl (C=O) groups excluding carboxylic acids is 1. The minimum absolute atomic E-state index is 0.0103. The van der Waals surface area contributed by atoms with Crippen LogP contribution in [0.4, 0.5) is 5.69 Å². The summed E-state index contributed by atoms with van der Waals surface area (Å²) in [5.74, 6) is 0.769. The van der Waals surface area contributed by atoms with Crippen LogP contribution in [-0.2, 0) is 4.79 Å². The number of nitrogens with zero attached hydrogens (tertiary/aromatic N) is 1. The van der Waals surface area contributed by atoms with Crippen LogP contribution in [0.15, 0.2) is 54.0 Å². The molecule has 0 aliphatic carbocycles. The maximum atomic E-state index is 11.8. The summed E-state index contributed by atoms with van der Waals surface area (Å²) in [6, 6.07) is 13.8. The van der Waals surface area contributed by atoms with Crippen molar-refractivity contribution in [3.63, 3.8) is 0 Å². The van der Waals surface area contributed by atoms with Crippen LogP contribution in [0.2, 0.25) is 0 Å². The fourth-order valence-electron chi connectivity index (χ4n) is 2.45. The molecule has 1 amide bonds. The number of hydrogen-bond donors (Lipinski definition) is 1. The van der Waals surface area contributed by atoms with E-state index in [0.717, 1.165) is 33.1 Å². The lowest BCUT2D eigenvalue weighted by Crippen LogP contribution is -2.17. The van der Waals surface area contributed by atoms with E-state index < -0.39 is 0 Å². The molecular formula is C20H20N2O2S. The molecular weight excluding hydrogens is 332 g/mol. The normalized spacial score (nSPS) is 10.7. The number of aromatic nitrogens is 1. The number of nitrogens with one attached hydrogen (secondary N) is 1. The highest BCUT2D eigenvalue weighted by Gasteiger charge is 2.11. The molecule has 0 atom stereocenters. The van der Waals surface area contributed by atoms with Crippen LogP contribution in [0.5, 0.6) is 5.75 Å². The van der Waals surface area contributed by atoms with E-state index in [1.165, 1.54) is 0 Å². The van der Waals surface area contributed by atoms with E-state index in [1.807, 2.05) is 55.6 Å². The largest absolute Gasteiger partial charge is 0.496 e. The molecule has 1 aromatic heterocycles. The predicted molar refractivity (Wildman–Crippen MR) is 103 cm³/mol. The first-order valence-corrected chi connectivity index (χ1v) is 8.95. The molecule has 25 heavy (non-hydrogen) atoms. The summed E-state index contributed by atoms with van der Waals surface area (Å²) in [6.45, 7) is 3.75.